The van der Waals surface area contributed by atoms with Gasteiger partial charge < -0.3 is 10.1 Å². The van der Waals surface area contributed by atoms with Crippen LogP contribution in [0.3, 0.4) is 0 Å². The Morgan fingerprint density at radius 2 is 2.37 bits per heavy atom. The Hall–Kier alpha value is -1.06. The van der Waals surface area contributed by atoms with E-state index in [0.29, 0.717) is 30.4 Å². The third-order valence-electron chi connectivity index (χ3n) is 3.89. The zero-order valence-corrected chi connectivity index (χ0v) is 11.6. The van der Waals surface area contributed by atoms with Gasteiger partial charge in [-0.05, 0) is 43.1 Å². The number of hydrogen-bond acceptors (Lipinski definition) is 3. The summed E-state index contributed by atoms with van der Waals surface area (Å²) in [6.07, 6.45) is 3.10. The molecule has 1 aromatic carbocycles. The second-order valence-electron chi connectivity index (χ2n) is 5.43. The number of benzene rings is 1. The Kier molecular flexibility index (Phi) is 3.76. The predicted octanol–water partition coefficient (Wildman–Crippen LogP) is 2.39. The second-order valence-corrected chi connectivity index (χ2v) is 5.87. The van der Waals surface area contributed by atoms with E-state index in [1.165, 1.54) is 0 Å². The number of fused-ring (bicyclic) bond motifs is 1. The molecule has 2 aliphatic heterocycles. The van der Waals surface area contributed by atoms with Crippen molar-refractivity contribution in [2.75, 3.05) is 19.7 Å². The molecule has 1 atom stereocenters. The molecular weight excluding hydrogens is 262 g/mol. The lowest BCUT2D eigenvalue weighted by Crippen LogP contribution is -2.14. The lowest BCUT2D eigenvalue weighted by atomic mass is 9.96. The van der Waals surface area contributed by atoms with Gasteiger partial charge in [-0.2, -0.15) is 0 Å². The van der Waals surface area contributed by atoms with Gasteiger partial charge in [-0.15, -0.1) is 0 Å². The summed E-state index contributed by atoms with van der Waals surface area (Å²) >= 11 is 6.11. The molecule has 3 nitrogen and oxygen atoms in total. The van der Waals surface area contributed by atoms with E-state index in [1.807, 2.05) is 12.1 Å². The molecule has 0 aliphatic carbocycles. The summed E-state index contributed by atoms with van der Waals surface area (Å²) < 4.78 is 5.63. The van der Waals surface area contributed by atoms with Crippen molar-refractivity contribution in [1.82, 2.24) is 5.32 Å². The maximum atomic E-state index is 12.2. The van der Waals surface area contributed by atoms with Crippen LogP contribution in [-0.2, 0) is 17.6 Å². The van der Waals surface area contributed by atoms with Crippen LogP contribution in [0.25, 0.3) is 0 Å². The van der Waals surface area contributed by atoms with Gasteiger partial charge in [0, 0.05) is 29.8 Å². The highest BCUT2D eigenvalue weighted by Crippen LogP contribution is 2.33. The molecule has 1 unspecified atom stereocenters. The van der Waals surface area contributed by atoms with E-state index in [2.05, 4.69) is 5.32 Å². The van der Waals surface area contributed by atoms with Crippen molar-refractivity contribution in [2.24, 2.45) is 5.92 Å². The summed E-state index contributed by atoms with van der Waals surface area (Å²) in [6.45, 7) is 2.70. The Balaban J connectivity index is 1.70. The molecule has 1 saturated heterocycles. The molecule has 2 aliphatic rings. The third-order valence-corrected chi connectivity index (χ3v) is 4.11. The van der Waals surface area contributed by atoms with E-state index in [9.17, 15) is 4.79 Å². The average molecular weight is 280 g/mol. The summed E-state index contributed by atoms with van der Waals surface area (Å²) in [7, 11) is 0. The minimum Gasteiger partial charge on any atom is -0.493 e. The Morgan fingerprint density at radius 1 is 1.47 bits per heavy atom. The maximum Gasteiger partial charge on any atom is 0.137 e. The smallest absolute Gasteiger partial charge is 0.137 e. The van der Waals surface area contributed by atoms with Crippen molar-refractivity contribution < 1.29 is 9.53 Å². The van der Waals surface area contributed by atoms with Gasteiger partial charge in [0.2, 0.25) is 0 Å². The topological polar surface area (TPSA) is 38.3 Å². The van der Waals surface area contributed by atoms with E-state index in [0.717, 1.165) is 42.8 Å². The fraction of sp³-hybridized carbons (Fsp3) is 0.533. The van der Waals surface area contributed by atoms with Gasteiger partial charge in [0.15, 0.2) is 0 Å². The van der Waals surface area contributed by atoms with Crippen molar-refractivity contribution >= 4 is 17.4 Å². The molecule has 0 saturated carbocycles. The van der Waals surface area contributed by atoms with E-state index in [-0.39, 0.29) is 5.78 Å². The first-order valence-electron chi connectivity index (χ1n) is 6.89. The van der Waals surface area contributed by atoms with Crippen LogP contribution in [0, 0.1) is 5.92 Å². The number of Topliss-reactive ketones (excluding diaryl/α,β-unsaturated/α-hetero) is 1. The summed E-state index contributed by atoms with van der Waals surface area (Å²) in [5.74, 6) is 1.68. The summed E-state index contributed by atoms with van der Waals surface area (Å²) in [5.41, 5.74) is 2.09. The molecule has 0 amide bonds. The van der Waals surface area contributed by atoms with Gasteiger partial charge in [0.05, 0.1) is 6.61 Å². The molecule has 0 aromatic heterocycles. The first kappa shape index (κ1) is 12.9. The molecule has 4 heteroatoms. The number of halogens is 1. The van der Waals surface area contributed by atoms with Gasteiger partial charge in [-0.3, -0.25) is 4.79 Å². The highest BCUT2D eigenvalue weighted by atomic mass is 35.5. The zero-order chi connectivity index (χ0) is 13.2. The lowest BCUT2D eigenvalue weighted by Gasteiger charge is -2.10. The van der Waals surface area contributed by atoms with E-state index in [4.69, 9.17) is 16.3 Å². The number of ether oxygens (including phenoxy) is 1. The van der Waals surface area contributed by atoms with Crippen molar-refractivity contribution in [3.63, 3.8) is 0 Å². The van der Waals surface area contributed by atoms with E-state index >= 15 is 0 Å². The normalized spacial score (nSPS) is 21.2. The quantitative estimate of drug-likeness (QED) is 0.920. The first-order valence-corrected chi connectivity index (χ1v) is 7.26. The summed E-state index contributed by atoms with van der Waals surface area (Å²) in [5, 5.41) is 4.00. The highest BCUT2D eigenvalue weighted by molar-refractivity contribution is 6.30. The number of nitrogens with one attached hydrogen (secondary N) is 1. The monoisotopic (exact) mass is 279 g/mol. The molecular formula is C15H18ClNO2. The molecule has 1 fully saturated rings. The molecule has 19 heavy (non-hydrogen) atoms. The van der Waals surface area contributed by atoms with Gasteiger partial charge in [-0.1, -0.05) is 11.6 Å². The van der Waals surface area contributed by atoms with E-state index < -0.39 is 0 Å². The molecule has 102 valence electrons. The highest BCUT2D eigenvalue weighted by Gasteiger charge is 2.22. The van der Waals surface area contributed by atoms with Gasteiger partial charge in [-0.25, -0.2) is 0 Å². The van der Waals surface area contributed by atoms with Crippen molar-refractivity contribution in [3.8, 4) is 5.75 Å². The molecule has 0 spiro atoms. The summed E-state index contributed by atoms with van der Waals surface area (Å²) in [6, 6.07) is 3.81. The molecule has 0 bridgehead atoms. The minimum atomic E-state index is 0.286. The number of ketones is 1. The fourth-order valence-electron chi connectivity index (χ4n) is 2.97. The molecule has 1 N–H and O–H groups in total. The van der Waals surface area contributed by atoms with Crippen molar-refractivity contribution in [2.45, 2.75) is 25.7 Å². The molecule has 2 heterocycles. The van der Waals surface area contributed by atoms with Crippen LogP contribution in [0.1, 0.15) is 24.0 Å². The van der Waals surface area contributed by atoms with Gasteiger partial charge >= 0.3 is 0 Å². The lowest BCUT2D eigenvalue weighted by molar-refractivity contribution is -0.119. The standard InChI is InChI=1S/C15H18ClNO2/c16-13-6-11-2-4-19-15(11)12(7-13)8-14(18)5-10-1-3-17-9-10/h6-7,10,17H,1-5,8-9H2. The number of carbonyl (C=O) groups is 1. The number of hydrogen-bond donors (Lipinski definition) is 1. The molecule has 3 rings (SSSR count). The fourth-order valence-corrected chi connectivity index (χ4v) is 3.24. The zero-order valence-electron chi connectivity index (χ0n) is 10.9. The largest absolute Gasteiger partial charge is 0.493 e. The SMILES string of the molecule is O=C(Cc1cc(Cl)cc2c1OCC2)CC1CCNC1. The first-order chi connectivity index (χ1) is 9.22. The van der Waals surface area contributed by atoms with E-state index in [1.54, 1.807) is 0 Å². The van der Waals surface area contributed by atoms with Crippen molar-refractivity contribution in [3.05, 3.63) is 28.3 Å². The van der Waals surface area contributed by atoms with Crippen LogP contribution in [0.5, 0.6) is 5.75 Å². The van der Waals surface area contributed by atoms with Gasteiger partial charge in [0.25, 0.3) is 0 Å². The number of rotatable bonds is 4. The Morgan fingerprint density at radius 3 is 3.16 bits per heavy atom. The molecule has 1 aromatic rings. The van der Waals surface area contributed by atoms with Crippen LogP contribution < -0.4 is 10.1 Å². The van der Waals surface area contributed by atoms with Gasteiger partial charge in [0.1, 0.15) is 11.5 Å². The second kappa shape index (κ2) is 5.51. The predicted molar refractivity (Wildman–Crippen MR) is 75.0 cm³/mol. The summed E-state index contributed by atoms with van der Waals surface area (Å²) in [4.78, 5) is 12.2. The Bertz CT molecular complexity index is 495. The molecule has 0 radical (unpaired) electrons. The van der Waals surface area contributed by atoms with Crippen LogP contribution in [-0.4, -0.2) is 25.5 Å². The Labute approximate surface area is 118 Å². The van der Waals surface area contributed by atoms with Crippen LogP contribution in [0.4, 0.5) is 0 Å². The third kappa shape index (κ3) is 2.93. The van der Waals surface area contributed by atoms with Crippen LogP contribution in [0.2, 0.25) is 5.02 Å². The average Bonchev–Trinajstić information content (AvgIpc) is 2.99. The van der Waals surface area contributed by atoms with Crippen LogP contribution >= 0.6 is 11.6 Å². The maximum absolute atomic E-state index is 12.2. The van der Waals surface area contributed by atoms with Crippen molar-refractivity contribution in [1.29, 1.82) is 0 Å². The number of carbonyl (C=O) groups excluding carboxylic acids is 1. The minimum absolute atomic E-state index is 0.286. The van der Waals surface area contributed by atoms with Crippen LogP contribution in [0.15, 0.2) is 12.1 Å².